The molecule has 1 saturated carbocycles. The molecule has 4 rings (SSSR count). The summed E-state index contributed by atoms with van der Waals surface area (Å²) in [5, 5.41) is 0.971. The van der Waals surface area contributed by atoms with E-state index in [9.17, 15) is 4.79 Å². The van der Waals surface area contributed by atoms with Crippen molar-refractivity contribution in [1.29, 1.82) is 0 Å². The molecule has 1 fully saturated rings. The van der Waals surface area contributed by atoms with E-state index in [4.69, 9.17) is 12.2 Å². The van der Waals surface area contributed by atoms with Gasteiger partial charge in [0.1, 0.15) is 5.65 Å². The molecule has 0 aliphatic heterocycles. The van der Waals surface area contributed by atoms with E-state index < -0.39 is 0 Å². The third-order valence-corrected chi connectivity index (χ3v) is 6.26. The van der Waals surface area contributed by atoms with Gasteiger partial charge in [0.05, 0.1) is 0 Å². The van der Waals surface area contributed by atoms with Crippen molar-refractivity contribution < 1.29 is 4.79 Å². The van der Waals surface area contributed by atoms with Crippen molar-refractivity contribution >= 4 is 45.0 Å². The quantitative estimate of drug-likeness (QED) is 0.395. The second-order valence-electron chi connectivity index (χ2n) is 6.81. The van der Waals surface area contributed by atoms with E-state index in [0.717, 1.165) is 39.4 Å². The van der Waals surface area contributed by atoms with E-state index in [1.165, 1.54) is 18.4 Å². The van der Waals surface area contributed by atoms with Crippen molar-refractivity contribution in [3.8, 4) is 0 Å². The summed E-state index contributed by atoms with van der Waals surface area (Å²) in [6.45, 7) is 0. The fraction of sp³-hybridized carbons (Fsp3) is 0.333. The highest BCUT2D eigenvalue weighted by Gasteiger charge is 2.27. The molecule has 0 radical (unpaired) electrons. The Hall–Kier alpha value is -2.05. The highest BCUT2D eigenvalue weighted by molar-refractivity contribution is 8.23. The number of fused-ring (bicyclic) bond motifs is 1. The first kappa shape index (κ1) is 18.3. The highest BCUT2D eigenvalue weighted by Crippen LogP contribution is 2.38. The van der Waals surface area contributed by atoms with Gasteiger partial charge in [0.2, 0.25) is 0 Å². The molecule has 0 spiro atoms. The summed E-state index contributed by atoms with van der Waals surface area (Å²) in [5.41, 5.74) is 2.92. The number of aryl methyl sites for hydroxylation is 1. The minimum atomic E-state index is 0.176. The zero-order chi connectivity index (χ0) is 18.6. The smallest absolute Gasteiger partial charge is 0.165 e. The van der Waals surface area contributed by atoms with Crippen LogP contribution in [0.1, 0.15) is 47.6 Å². The number of hydrogen-bond acceptors (Lipinski definition) is 5. The minimum Gasteiger partial charge on any atom is -0.329 e. The van der Waals surface area contributed by atoms with E-state index in [1.807, 2.05) is 30.6 Å². The second-order valence-corrected chi connectivity index (χ2v) is 8.75. The first-order valence-electron chi connectivity index (χ1n) is 9.25. The summed E-state index contributed by atoms with van der Waals surface area (Å²) >= 11 is 7.08. The van der Waals surface area contributed by atoms with Gasteiger partial charge in [0.15, 0.2) is 5.78 Å². The van der Waals surface area contributed by atoms with Gasteiger partial charge in [-0.2, -0.15) is 0 Å². The molecule has 138 valence electrons. The lowest BCUT2D eigenvalue weighted by Gasteiger charge is -2.04. The molecular formula is C21H21N3OS2. The molecule has 1 aliphatic rings. The SMILES string of the molecule is O=C(CCSC(=S)CCc1cccnc1)c1cn(C2CC2)c2ncccc12. The summed E-state index contributed by atoms with van der Waals surface area (Å²) in [6.07, 6.45) is 12.0. The van der Waals surface area contributed by atoms with Gasteiger partial charge < -0.3 is 4.57 Å². The first-order chi connectivity index (χ1) is 13.2. The van der Waals surface area contributed by atoms with Gasteiger partial charge in [0.25, 0.3) is 0 Å². The number of thiocarbonyl (C=S) groups is 1. The summed E-state index contributed by atoms with van der Waals surface area (Å²) in [7, 11) is 0. The van der Waals surface area contributed by atoms with Crippen LogP contribution in [0.5, 0.6) is 0 Å². The number of rotatable bonds is 8. The van der Waals surface area contributed by atoms with Crippen LogP contribution in [0.3, 0.4) is 0 Å². The monoisotopic (exact) mass is 395 g/mol. The molecule has 0 unspecified atom stereocenters. The molecule has 4 nitrogen and oxygen atoms in total. The molecule has 3 aromatic heterocycles. The summed E-state index contributed by atoms with van der Waals surface area (Å²) < 4.78 is 3.13. The lowest BCUT2D eigenvalue weighted by Crippen LogP contribution is -2.02. The van der Waals surface area contributed by atoms with Crippen LogP contribution in [-0.4, -0.2) is 30.3 Å². The fourth-order valence-corrected chi connectivity index (χ4v) is 4.31. The van der Waals surface area contributed by atoms with Crippen LogP contribution in [0.2, 0.25) is 0 Å². The van der Waals surface area contributed by atoms with E-state index in [-0.39, 0.29) is 5.78 Å². The van der Waals surface area contributed by atoms with Crippen LogP contribution in [0.25, 0.3) is 11.0 Å². The second kappa shape index (κ2) is 8.31. The minimum absolute atomic E-state index is 0.176. The number of nitrogens with zero attached hydrogens (tertiary/aromatic N) is 3. The molecule has 0 aromatic carbocycles. The van der Waals surface area contributed by atoms with E-state index in [2.05, 4.69) is 20.6 Å². The number of Topliss-reactive ketones (excluding diaryl/α,β-unsaturated/α-hetero) is 1. The van der Waals surface area contributed by atoms with E-state index in [0.29, 0.717) is 12.5 Å². The van der Waals surface area contributed by atoms with Crippen LogP contribution >= 0.6 is 24.0 Å². The molecule has 0 atom stereocenters. The molecule has 0 bridgehead atoms. The largest absolute Gasteiger partial charge is 0.329 e. The molecule has 3 aromatic rings. The van der Waals surface area contributed by atoms with Crippen molar-refractivity contribution in [2.75, 3.05) is 5.75 Å². The Morgan fingerprint density at radius 1 is 1.22 bits per heavy atom. The predicted molar refractivity (Wildman–Crippen MR) is 115 cm³/mol. The topological polar surface area (TPSA) is 47.8 Å². The van der Waals surface area contributed by atoms with Crippen molar-refractivity contribution in [2.24, 2.45) is 0 Å². The van der Waals surface area contributed by atoms with Gasteiger partial charge in [-0.15, -0.1) is 11.8 Å². The maximum Gasteiger partial charge on any atom is 0.165 e. The zero-order valence-corrected chi connectivity index (χ0v) is 16.6. The Balaban J connectivity index is 1.32. The van der Waals surface area contributed by atoms with Gasteiger partial charge >= 0.3 is 0 Å². The normalized spacial score (nSPS) is 13.8. The zero-order valence-electron chi connectivity index (χ0n) is 15.0. The van der Waals surface area contributed by atoms with Crippen molar-refractivity contribution in [3.63, 3.8) is 0 Å². The molecule has 0 saturated heterocycles. The summed E-state index contributed by atoms with van der Waals surface area (Å²) in [4.78, 5) is 21.4. The highest BCUT2D eigenvalue weighted by atomic mass is 32.2. The average molecular weight is 396 g/mol. The maximum absolute atomic E-state index is 12.8. The van der Waals surface area contributed by atoms with Crippen LogP contribution in [0.4, 0.5) is 0 Å². The average Bonchev–Trinajstić information content (AvgIpc) is 3.47. The maximum atomic E-state index is 12.8. The predicted octanol–water partition coefficient (Wildman–Crippen LogP) is 5.03. The van der Waals surface area contributed by atoms with Crippen molar-refractivity contribution in [2.45, 2.75) is 38.1 Å². The lowest BCUT2D eigenvalue weighted by atomic mass is 10.1. The van der Waals surface area contributed by atoms with Gasteiger partial charge in [-0.3, -0.25) is 9.78 Å². The molecule has 6 heteroatoms. The number of hydrogen-bond donors (Lipinski definition) is 0. The van der Waals surface area contributed by atoms with Crippen LogP contribution in [-0.2, 0) is 6.42 Å². The van der Waals surface area contributed by atoms with Crippen LogP contribution in [0.15, 0.2) is 49.1 Å². The molecule has 3 heterocycles. The Morgan fingerprint density at radius 2 is 2.07 bits per heavy atom. The van der Waals surface area contributed by atoms with Crippen LogP contribution in [0, 0.1) is 0 Å². The Kier molecular flexibility index (Phi) is 5.64. The third kappa shape index (κ3) is 4.45. The number of pyridine rings is 2. The van der Waals surface area contributed by atoms with Gasteiger partial charge in [-0.1, -0.05) is 18.3 Å². The first-order valence-corrected chi connectivity index (χ1v) is 10.6. The number of thioether (sulfide) groups is 1. The third-order valence-electron chi connectivity index (χ3n) is 4.76. The molecule has 27 heavy (non-hydrogen) atoms. The van der Waals surface area contributed by atoms with Gasteiger partial charge in [-0.25, -0.2) is 4.98 Å². The van der Waals surface area contributed by atoms with E-state index >= 15 is 0 Å². The molecule has 1 aliphatic carbocycles. The molecule has 0 amide bonds. The Bertz CT molecular complexity index is 964. The van der Waals surface area contributed by atoms with E-state index in [1.54, 1.807) is 24.2 Å². The van der Waals surface area contributed by atoms with Gasteiger partial charge in [0, 0.05) is 58.1 Å². The molecular weight excluding hydrogens is 374 g/mol. The molecule has 0 N–H and O–H groups in total. The summed E-state index contributed by atoms with van der Waals surface area (Å²) in [6, 6.07) is 8.42. The Morgan fingerprint density at radius 3 is 2.85 bits per heavy atom. The van der Waals surface area contributed by atoms with Crippen molar-refractivity contribution in [1.82, 2.24) is 14.5 Å². The lowest BCUT2D eigenvalue weighted by molar-refractivity contribution is 0.0991. The summed E-state index contributed by atoms with van der Waals surface area (Å²) in [5.74, 6) is 0.899. The Labute approximate surface area is 168 Å². The number of carbonyl (C=O) groups is 1. The number of aromatic nitrogens is 3. The fourth-order valence-electron chi connectivity index (χ4n) is 3.19. The standard InChI is InChI=1S/C21H21N3OS2/c25-19(9-12-27-20(26)8-5-15-3-1-10-22-13-15)18-14-24(16-6-7-16)21-17(18)4-2-11-23-21/h1-4,10-11,13-14,16H,5-9,12H2. The van der Waals surface area contributed by atoms with Gasteiger partial charge in [-0.05, 0) is 49.4 Å². The number of ketones is 1. The number of carbonyl (C=O) groups excluding carboxylic acids is 1. The van der Waals surface area contributed by atoms with Crippen molar-refractivity contribution in [3.05, 3.63) is 60.2 Å². The van der Waals surface area contributed by atoms with Crippen LogP contribution < -0.4 is 0 Å².